The van der Waals surface area contributed by atoms with E-state index in [1.807, 2.05) is 0 Å². The summed E-state index contributed by atoms with van der Waals surface area (Å²) in [6.45, 7) is 10.1. The average molecular weight is 1400 g/mol. The minimum atomic E-state index is -0.779. The monoisotopic (exact) mass is 1400 g/mol. The summed E-state index contributed by atoms with van der Waals surface area (Å²) in [7, 11) is 0. The Kier molecular flexibility index (Phi) is 65.7. The Morgan fingerprint density at radius 1 is 0.270 bits per heavy atom. The van der Waals surface area contributed by atoms with Gasteiger partial charge in [-0.15, -0.1) is 0 Å². The van der Waals surface area contributed by atoms with Crippen LogP contribution in [0.2, 0.25) is 0 Å². The van der Waals surface area contributed by atoms with E-state index in [1.54, 1.807) is 24.3 Å². The molecule has 0 heterocycles. The van der Waals surface area contributed by atoms with Crippen LogP contribution < -0.4 is 0 Å². The van der Waals surface area contributed by atoms with Crippen molar-refractivity contribution in [1.29, 1.82) is 0 Å². The van der Waals surface area contributed by atoms with Crippen LogP contribution in [0.1, 0.15) is 475 Å². The van der Waals surface area contributed by atoms with Gasteiger partial charge in [-0.25, -0.2) is 4.79 Å². The second kappa shape index (κ2) is 71.1. The molecule has 11 nitrogen and oxygen atoms in total. The lowest BCUT2D eigenvalue weighted by atomic mass is 9.97. The first-order valence-electron chi connectivity index (χ1n) is 43.8. The number of nitro benzene ring substituents is 2. The zero-order valence-corrected chi connectivity index (χ0v) is 66.1. The highest BCUT2D eigenvalue weighted by Gasteiger charge is 2.33. The van der Waals surface area contributed by atoms with Gasteiger partial charge in [0.05, 0.1) is 9.85 Å². The Morgan fingerprint density at radius 3 is 0.620 bits per heavy atom. The fourth-order valence-electron chi connectivity index (χ4n) is 14.7. The zero-order chi connectivity index (χ0) is 71.9. The van der Waals surface area contributed by atoms with Gasteiger partial charge in [0.15, 0.2) is 0 Å². The first kappa shape index (κ1) is 92.5. The van der Waals surface area contributed by atoms with E-state index in [1.165, 1.54) is 358 Å². The molecule has 0 aliphatic carbocycles. The number of nitro groups is 2. The van der Waals surface area contributed by atoms with E-state index in [9.17, 15) is 25.0 Å². The molecule has 2 aromatic rings. The maximum atomic E-state index is 14.9. The molecule has 0 saturated heterocycles. The van der Waals surface area contributed by atoms with Gasteiger partial charge >= 0.3 is 6.16 Å². The largest absolute Gasteiger partial charge is 0.509 e. The molecule has 0 radical (unpaired) electrons. The fourth-order valence-corrected chi connectivity index (χ4v) is 14.7. The highest BCUT2D eigenvalue weighted by molar-refractivity contribution is 5.60. The van der Waals surface area contributed by atoms with Crippen LogP contribution in [0, 0.1) is 20.2 Å². The lowest BCUT2D eigenvalue weighted by Crippen LogP contribution is -2.33. The average Bonchev–Trinajstić information content (AvgIpc) is 0.846. The van der Waals surface area contributed by atoms with Gasteiger partial charge in [-0.05, 0) is 73.9 Å². The molecular weight excluding hydrogens is 1240 g/mol. The number of rotatable bonds is 78. The molecule has 0 bridgehead atoms. The molecule has 0 aliphatic rings. The molecule has 11 heteroatoms. The van der Waals surface area contributed by atoms with Crippen LogP contribution in [0.4, 0.5) is 16.2 Å². The van der Waals surface area contributed by atoms with Crippen molar-refractivity contribution >= 4 is 17.5 Å². The van der Waals surface area contributed by atoms with E-state index in [-0.39, 0.29) is 21.2 Å². The van der Waals surface area contributed by atoms with Crippen molar-refractivity contribution in [3.8, 4) is 0 Å². The molecule has 0 aliphatic heterocycles. The number of hydrogen-bond acceptors (Lipinski definition) is 9. The summed E-state index contributed by atoms with van der Waals surface area (Å²) in [5.41, 5.74) is 1.49. The number of carbonyl (C=O) groups excluding carboxylic acids is 1. The Hall–Kier alpha value is -3.57. The first-order valence-corrected chi connectivity index (χ1v) is 43.8. The Balaban J connectivity index is 2.28. The number of non-ortho nitro benzene ring substituents is 2. The normalized spacial score (nSPS) is 12.8. The molecule has 2 aromatic carbocycles. The summed E-state index contributed by atoms with van der Waals surface area (Å²) in [4.78, 5) is 38.1. The molecule has 580 valence electrons. The molecule has 2 rings (SSSR count). The first-order chi connectivity index (χ1) is 49.2. The fraction of sp³-hybridized carbons (Fsp3) is 0.854. The second-order valence-corrected chi connectivity index (χ2v) is 30.6. The molecule has 4 atom stereocenters. The standard InChI is InChI=1S/C89H160N2O9/c1-5-9-13-17-21-25-29-33-37-41-45-49-53-57-61-65-69-85(87(81-71-75-83(76-72-81)90(93)94)97-79-67-63-59-55-51-47-43-39-35-31-27-23-19-15-11-7-3)99-89(92)100-86(70-66-62-58-54-50-46-42-38-34-30-26-22-18-14-10-6-2)88(82-73-77-84(78-74-82)91(95)96)98-80-68-64-60-56-52-48-44-40-36-32-28-24-20-16-12-8-4/h71-78,85-88H,5-70,79-80H2,1-4H3. The summed E-state index contributed by atoms with van der Waals surface area (Å²) >= 11 is 0. The minimum absolute atomic E-state index is 0.00351. The second-order valence-electron chi connectivity index (χ2n) is 30.6. The third-order valence-corrected chi connectivity index (χ3v) is 21.3. The minimum Gasteiger partial charge on any atom is -0.428 e. The third-order valence-electron chi connectivity index (χ3n) is 21.3. The molecule has 0 amide bonds. The van der Waals surface area contributed by atoms with Gasteiger partial charge in [0.2, 0.25) is 0 Å². The van der Waals surface area contributed by atoms with Gasteiger partial charge in [-0.3, -0.25) is 20.2 Å². The highest BCUT2D eigenvalue weighted by Crippen LogP contribution is 2.34. The Morgan fingerprint density at radius 2 is 0.440 bits per heavy atom. The molecular formula is C89H160N2O9. The van der Waals surface area contributed by atoms with Crippen LogP contribution in [0.5, 0.6) is 0 Å². The van der Waals surface area contributed by atoms with Gasteiger partial charge < -0.3 is 18.9 Å². The molecule has 0 fully saturated rings. The van der Waals surface area contributed by atoms with Gasteiger partial charge in [0, 0.05) is 37.5 Å². The molecule has 0 saturated carbocycles. The number of ether oxygens (including phenoxy) is 4. The molecule has 100 heavy (non-hydrogen) atoms. The Bertz CT molecular complexity index is 1930. The van der Waals surface area contributed by atoms with Crippen molar-refractivity contribution in [2.24, 2.45) is 0 Å². The maximum absolute atomic E-state index is 14.9. The van der Waals surface area contributed by atoms with Crippen molar-refractivity contribution in [3.05, 3.63) is 79.9 Å². The van der Waals surface area contributed by atoms with Crippen molar-refractivity contribution in [1.82, 2.24) is 0 Å². The number of hydrogen-bond donors (Lipinski definition) is 0. The zero-order valence-electron chi connectivity index (χ0n) is 66.1. The van der Waals surface area contributed by atoms with E-state index in [2.05, 4.69) is 27.7 Å². The lowest BCUT2D eigenvalue weighted by Gasteiger charge is -2.31. The molecule has 0 spiro atoms. The summed E-state index contributed by atoms with van der Waals surface area (Å²) in [6.07, 6.45) is 78.8. The molecule has 0 N–H and O–H groups in total. The van der Waals surface area contributed by atoms with Crippen LogP contribution in [-0.2, 0) is 18.9 Å². The number of unbranched alkanes of at least 4 members (excludes halogenated alkanes) is 60. The number of benzene rings is 2. The van der Waals surface area contributed by atoms with Crippen LogP contribution in [0.15, 0.2) is 48.5 Å². The van der Waals surface area contributed by atoms with E-state index >= 15 is 0 Å². The predicted molar refractivity (Wildman–Crippen MR) is 426 cm³/mol. The van der Waals surface area contributed by atoms with Gasteiger partial charge in [-0.1, -0.05) is 413 Å². The summed E-state index contributed by atoms with van der Waals surface area (Å²) < 4.78 is 27.0. The quantitative estimate of drug-likeness (QED) is 0.0274. The van der Waals surface area contributed by atoms with Crippen LogP contribution in [0.25, 0.3) is 0 Å². The van der Waals surface area contributed by atoms with E-state index < -0.39 is 30.6 Å². The number of carbonyl (C=O) groups is 1. The summed E-state index contributed by atoms with van der Waals surface area (Å²) in [5, 5.41) is 24.0. The SMILES string of the molecule is CCCCCCCCCCCCCCCCCCOC(c1ccc([N+](=O)[O-])cc1)C(CCCCCCCCCCCCCCCCCC)OC(=O)OC(CCCCCCCCCCCCCCCCCC)C(OCCCCCCCCCCCCCCCCCC)c1ccc([N+](=O)[O-])cc1. The topological polar surface area (TPSA) is 140 Å². The smallest absolute Gasteiger partial charge is 0.428 e. The molecule has 4 unspecified atom stereocenters. The Labute approximate surface area is 617 Å². The van der Waals surface area contributed by atoms with Gasteiger partial charge in [0.25, 0.3) is 11.4 Å². The maximum Gasteiger partial charge on any atom is 0.509 e. The predicted octanol–water partition coefficient (Wildman–Crippen LogP) is 31.0. The van der Waals surface area contributed by atoms with Crippen molar-refractivity contribution < 1.29 is 33.6 Å². The number of nitrogens with zero attached hydrogens (tertiary/aromatic N) is 2. The highest BCUT2D eigenvalue weighted by atomic mass is 16.7. The summed E-state index contributed by atoms with van der Waals surface area (Å²) in [6, 6.07) is 13.2. The lowest BCUT2D eigenvalue weighted by molar-refractivity contribution is -0.385. The van der Waals surface area contributed by atoms with Crippen LogP contribution in [-0.4, -0.2) is 41.4 Å². The van der Waals surface area contributed by atoms with E-state index in [0.717, 1.165) is 88.2 Å². The van der Waals surface area contributed by atoms with Gasteiger partial charge in [-0.2, -0.15) is 0 Å². The van der Waals surface area contributed by atoms with E-state index in [0.29, 0.717) is 26.1 Å². The van der Waals surface area contributed by atoms with Crippen LogP contribution in [0.3, 0.4) is 0 Å². The third kappa shape index (κ3) is 55.0. The van der Waals surface area contributed by atoms with Crippen LogP contribution >= 0.6 is 0 Å². The van der Waals surface area contributed by atoms with Crippen molar-refractivity contribution in [3.63, 3.8) is 0 Å². The van der Waals surface area contributed by atoms with Gasteiger partial charge in [0.1, 0.15) is 24.4 Å². The summed E-state index contributed by atoms with van der Waals surface area (Å²) in [5.74, 6) is 0. The van der Waals surface area contributed by atoms with E-state index in [4.69, 9.17) is 18.9 Å². The van der Waals surface area contributed by atoms with Crippen molar-refractivity contribution in [2.45, 2.75) is 476 Å². The molecule has 0 aromatic heterocycles. The van der Waals surface area contributed by atoms with Crippen molar-refractivity contribution in [2.75, 3.05) is 13.2 Å².